The van der Waals surface area contributed by atoms with Crippen LogP contribution >= 0.6 is 0 Å². The van der Waals surface area contributed by atoms with Gasteiger partial charge in [0.05, 0.1) is 6.20 Å². The Hall–Kier alpha value is -0.830. The van der Waals surface area contributed by atoms with Gasteiger partial charge in [-0.15, -0.1) is 0 Å². The molecule has 2 unspecified atom stereocenters. The molecule has 1 fully saturated rings. The zero-order chi connectivity index (χ0) is 12.5. The van der Waals surface area contributed by atoms with Crippen LogP contribution in [0.5, 0.6) is 0 Å². The number of hydrogen-bond donors (Lipinski definition) is 1. The molecule has 3 heteroatoms. The number of aromatic nitrogens is 2. The Morgan fingerprint density at radius 2 is 2.29 bits per heavy atom. The summed E-state index contributed by atoms with van der Waals surface area (Å²) in [5.74, 6) is 0.649. The van der Waals surface area contributed by atoms with Gasteiger partial charge in [0, 0.05) is 19.3 Å². The van der Waals surface area contributed by atoms with Gasteiger partial charge in [0.15, 0.2) is 0 Å². The molecule has 1 aromatic rings. The molecule has 2 atom stereocenters. The first-order valence-corrected chi connectivity index (χ1v) is 6.72. The van der Waals surface area contributed by atoms with Crippen molar-refractivity contribution in [1.82, 2.24) is 9.78 Å². The molecule has 0 radical (unpaired) electrons. The van der Waals surface area contributed by atoms with Gasteiger partial charge in [-0.1, -0.05) is 26.7 Å². The van der Waals surface area contributed by atoms with Crippen molar-refractivity contribution in [2.75, 3.05) is 0 Å². The number of hydrogen-bond acceptors (Lipinski definition) is 2. The van der Waals surface area contributed by atoms with Crippen molar-refractivity contribution in [2.24, 2.45) is 24.1 Å². The van der Waals surface area contributed by atoms with E-state index < -0.39 is 0 Å². The van der Waals surface area contributed by atoms with Gasteiger partial charge >= 0.3 is 0 Å². The van der Waals surface area contributed by atoms with Crippen LogP contribution in [0.25, 0.3) is 0 Å². The molecule has 0 aromatic carbocycles. The molecular formula is C14H25N3. The fourth-order valence-electron chi connectivity index (χ4n) is 3.31. The summed E-state index contributed by atoms with van der Waals surface area (Å²) in [5.41, 5.74) is 8.10. The van der Waals surface area contributed by atoms with Crippen LogP contribution in [0.4, 0.5) is 0 Å². The molecule has 0 amide bonds. The fourth-order valence-corrected chi connectivity index (χ4v) is 3.31. The van der Waals surface area contributed by atoms with Gasteiger partial charge in [0.2, 0.25) is 0 Å². The highest BCUT2D eigenvalue weighted by atomic mass is 15.2. The third kappa shape index (κ3) is 2.89. The summed E-state index contributed by atoms with van der Waals surface area (Å²) in [5, 5.41) is 4.21. The van der Waals surface area contributed by atoms with Crippen molar-refractivity contribution < 1.29 is 0 Å². The standard InChI is InChI=1S/C14H25N3/c1-14(2)7-5-4-6-12(14)13(15)8-11-9-16-17(3)10-11/h9-10,12-13H,4-8,15H2,1-3H3. The molecule has 1 aliphatic rings. The van der Waals surface area contributed by atoms with Gasteiger partial charge in [0.25, 0.3) is 0 Å². The van der Waals surface area contributed by atoms with Crippen molar-refractivity contribution >= 4 is 0 Å². The summed E-state index contributed by atoms with van der Waals surface area (Å²) < 4.78 is 1.86. The zero-order valence-electron chi connectivity index (χ0n) is 11.3. The molecule has 1 aliphatic carbocycles. The minimum atomic E-state index is 0.273. The first-order valence-electron chi connectivity index (χ1n) is 6.72. The molecule has 0 bridgehead atoms. The van der Waals surface area contributed by atoms with Crippen LogP contribution in [0, 0.1) is 11.3 Å². The van der Waals surface area contributed by atoms with Crippen LogP contribution in [0.1, 0.15) is 45.1 Å². The van der Waals surface area contributed by atoms with E-state index >= 15 is 0 Å². The van der Waals surface area contributed by atoms with Crippen LogP contribution in [-0.2, 0) is 13.5 Å². The lowest BCUT2D eigenvalue weighted by Crippen LogP contribution is -2.42. The van der Waals surface area contributed by atoms with Crippen molar-refractivity contribution in [1.29, 1.82) is 0 Å². The lowest BCUT2D eigenvalue weighted by Gasteiger charge is -2.42. The summed E-state index contributed by atoms with van der Waals surface area (Å²) in [6.07, 6.45) is 10.3. The second-order valence-corrected chi connectivity index (χ2v) is 6.23. The van der Waals surface area contributed by atoms with E-state index in [2.05, 4.69) is 25.1 Å². The number of nitrogens with zero attached hydrogens (tertiary/aromatic N) is 2. The first-order chi connectivity index (χ1) is 7.99. The average molecular weight is 235 g/mol. The summed E-state index contributed by atoms with van der Waals surface area (Å²) in [4.78, 5) is 0. The second kappa shape index (κ2) is 4.81. The molecular weight excluding hydrogens is 210 g/mol. The van der Waals surface area contributed by atoms with Gasteiger partial charge in [-0.3, -0.25) is 4.68 Å². The normalized spacial score (nSPS) is 25.8. The number of rotatable bonds is 3. The Balaban J connectivity index is 2.01. The van der Waals surface area contributed by atoms with Crippen molar-refractivity contribution in [3.63, 3.8) is 0 Å². The van der Waals surface area contributed by atoms with Crippen molar-refractivity contribution in [3.05, 3.63) is 18.0 Å². The molecule has 0 spiro atoms. The average Bonchev–Trinajstić information content (AvgIpc) is 2.63. The van der Waals surface area contributed by atoms with Crippen LogP contribution in [0.2, 0.25) is 0 Å². The van der Waals surface area contributed by atoms with E-state index in [0.29, 0.717) is 11.3 Å². The quantitative estimate of drug-likeness (QED) is 0.875. The molecule has 2 rings (SSSR count). The topological polar surface area (TPSA) is 43.8 Å². The van der Waals surface area contributed by atoms with Gasteiger partial charge in [-0.2, -0.15) is 5.10 Å². The third-order valence-corrected chi connectivity index (χ3v) is 4.34. The lowest BCUT2D eigenvalue weighted by molar-refractivity contribution is 0.112. The van der Waals surface area contributed by atoms with Crippen LogP contribution in [0.15, 0.2) is 12.4 Å². The van der Waals surface area contributed by atoms with Gasteiger partial charge in [-0.25, -0.2) is 0 Å². The minimum absolute atomic E-state index is 0.273. The smallest absolute Gasteiger partial charge is 0.0522 e. The molecule has 0 aliphatic heterocycles. The Bertz CT molecular complexity index is 367. The number of nitrogens with two attached hydrogens (primary N) is 1. The maximum atomic E-state index is 6.43. The van der Waals surface area contributed by atoms with E-state index in [4.69, 9.17) is 5.73 Å². The first kappa shape index (κ1) is 12.6. The Labute approximate surface area is 104 Å². The maximum absolute atomic E-state index is 6.43. The number of aryl methyl sites for hydroxylation is 1. The molecule has 0 saturated heterocycles. The van der Waals surface area contributed by atoms with E-state index in [1.807, 2.05) is 17.9 Å². The molecule has 2 N–H and O–H groups in total. The maximum Gasteiger partial charge on any atom is 0.0522 e. The molecule has 3 nitrogen and oxygen atoms in total. The van der Waals surface area contributed by atoms with Gasteiger partial charge in [-0.05, 0) is 36.2 Å². The van der Waals surface area contributed by atoms with Gasteiger partial charge < -0.3 is 5.73 Å². The highest BCUT2D eigenvalue weighted by molar-refractivity contribution is 5.07. The van der Waals surface area contributed by atoms with Crippen LogP contribution < -0.4 is 5.73 Å². The van der Waals surface area contributed by atoms with Gasteiger partial charge in [0.1, 0.15) is 0 Å². The molecule has 1 saturated carbocycles. The van der Waals surface area contributed by atoms with E-state index in [-0.39, 0.29) is 6.04 Å². The monoisotopic (exact) mass is 235 g/mol. The molecule has 1 aromatic heterocycles. The Morgan fingerprint density at radius 3 is 2.88 bits per heavy atom. The summed E-state index contributed by atoms with van der Waals surface area (Å²) in [6, 6.07) is 0.273. The van der Waals surface area contributed by atoms with E-state index in [0.717, 1.165) is 6.42 Å². The van der Waals surface area contributed by atoms with Crippen molar-refractivity contribution in [2.45, 2.75) is 52.0 Å². The predicted molar refractivity (Wildman–Crippen MR) is 70.6 cm³/mol. The fraction of sp³-hybridized carbons (Fsp3) is 0.786. The largest absolute Gasteiger partial charge is 0.327 e. The van der Waals surface area contributed by atoms with E-state index in [9.17, 15) is 0 Å². The van der Waals surface area contributed by atoms with E-state index in [1.165, 1.54) is 31.2 Å². The third-order valence-electron chi connectivity index (χ3n) is 4.34. The summed E-state index contributed by atoms with van der Waals surface area (Å²) in [6.45, 7) is 4.75. The Kier molecular flexibility index (Phi) is 3.57. The minimum Gasteiger partial charge on any atom is -0.327 e. The SMILES string of the molecule is Cn1cc(CC(N)C2CCCCC2(C)C)cn1. The summed E-state index contributed by atoms with van der Waals surface area (Å²) >= 11 is 0. The van der Waals surface area contributed by atoms with Crippen LogP contribution in [0.3, 0.4) is 0 Å². The van der Waals surface area contributed by atoms with Crippen LogP contribution in [-0.4, -0.2) is 15.8 Å². The molecule has 96 valence electrons. The highest BCUT2D eigenvalue weighted by Crippen LogP contribution is 2.42. The Morgan fingerprint density at radius 1 is 1.53 bits per heavy atom. The van der Waals surface area contributed by atoms with Crippen molar-refractivity contribution in [3.8, 4) is 0 Å². The lowest BCUT2D eigenvalue weighted by atomic mass is 9.65. The molecule has 1 heterocycles. The zero-order valence-corrected chi connectivity index (χ0v) is 11.3. The predicted octanol–water partition coefficient (Wildman–Crippen LogP) is 2.51. The van der Waals surface area contributed by atoms with E-state index in [1.54, 1.807) is 0 Å². The highest BCUT2D eigenvalue weighted by Gasteiger charge is 2.35. The second-order valence-electron chi connectivity index (χ2n) is 6.23. The molecule has 17 heavy (non-hydrogen) atoms. The summed E-state index contributed by atoms with van der Waals surface area (Å²) in [7, 11) is 1.96.